The predicted octanol–water partition coefficient (Wildman–Crippen LogP) is 1.46. The lowest BCUT2D eigenvalue weighted by Gasteiger charge is -2.16. The lowest BCUT2D eigenvalue weighted by atomic mass is 10.3. The monoisotopic (exact) mass is 363 g/mol. The molecule has 1 fully saturated rings. The van der Waals surface area contributed by atoms with E-state index in [4.69, 9.17) is 0 Å². The number of anilines is 1. The van der Waals surface area contributed by atoms with E-state index in [0.717, 1.165) is 37.8 Å². The second-order valence-electron chi connectivity index (χ2n) is 5.60. The van der Waals surface area contributed by atoms with E-state index in [9.17, 15) is 18.5 Å². The van der Waals surface area contributed by atoms with Crippen molar-refractivity contribution in [2.24, 2.45) is 0 Å². The summed E-state index contributed by atoms with van der Waals surface area (Å²) in [5.41, 5.74) is -0.282. The van der Waals surface area contributed by atoms with E-state index in [1.165, 1.54) is 18.2 Å². The van der Waals surface area contributed by atoms with E-state index < -0.39 is 14.9 Å². The van der Waals surface area contributed by atoms with Crippen molar-refractivity contribution < 1.29 is 13.3 Å². The molecule has 0 radical (unpaired) electrons. The Bertz CT molecular complexity index is 881. The molecular weight excluding hydrogens is 346 g/mol. The van der Waals surface area contributed by atoms with Crippen LogP contribution in [0.25, 0.3) is 0 Å². The SMILES string of the molecule is O=[N+]([O-])c1cccc(S(=O)(=O)NCc2nccc(N3CCCC3)n2)c1. The van der Waals surface area contributed by atoms with Gasteiger partial charge in [0.1, 0.15) is 11.6 Å². The van der Waals surface area contributed by atoms with E-state index in [0.29, 0.717) is 5.82 Å². The van der Waals surface area contributed by atoms with Crippen molar-refractivity contribution >= 4 is 21.5 Å². The van der Waals surface area contributed by atoms with Crippen LogP contribution in [-0.4, -0.2) is 36.4 Å². The molecular formula is C15H17N5O4S. The Balaban J connectivity index is 1.73. The maximum absolute atomic E-state index is 12.3. The summed E-state index contributed by atoms with van der Waals surface area (Å²) < 4.78 is 27.0. The molecule has 132 valence electrons. The first-order chi connectivity index (χ1) is 12.0. The first-order valence-electron chi connectivity index (χ1n) is 7.77. The molecule has 0 amide bonds. The molecule has 0 atom stereocenters. The molecule has 9 nitrogen and oxygen atoms in total. The summed E-state index contributed by atoms with van der Waals surface area (Å²) in [5, 5.41) is 10.8. The van der Waals surface area contributed by atoms with Gasteiger partial charge in [-0.15, -0.1) is 0 Å². The summed E-state index contributed by atoms with van der Waals surface area (Å²) in [7, 11) is -3.89. The van der Waals surface area contributed by atoms with Crippen molar-refractivity contribution in [1.29, 1.82) is 0 Å². The van der Waals surface area contributed by atoms with E-state index in [-0.39, 0.29) is 17.1 Å². The van der Waals surface area contributed by atoms with Gasteiger partial charge >= 0.3 is 0 Å². The van der Waals surface area contributed by atoms with Crippen LogP contribution in [0.15, 0.2) is 41.4 Å². The number of aromatic nitrogens is 2. The Hall–Kier alpha value is -2.59. The number of nitrogens with one attached hydrogen (secondary N) is 1. The van der Waals surface area contributed by atoms with E-state index in [2.05, 4.69) is 19.6 Å². The third kappa shape index (κ3) is 4.09. The van der Waals surface area contributed by atoms with E-state index in [1.807, 2.05) is 0 Å². The largest absolute Gasteiger partial charge is 0.357 e. The molecule has 2 aromatic rings. The van der Waals surface area contributed by atoms with Crippen LogP contribution in [0.1, 0.15) is 18.7 Å². The zero-order chi connectivity index (χ0) is 17.9. The summed E-state index contributed by atoms with van der Waals surface area (Å²) in [6, 6.07) is 6.68. The normalized spacial score (nSPS) is 14.6. The van der Waals surface area contributed by atoms with Crippen LogP contribution in [0.5, 0.6) is 0 Å². The number of rotatable bonds is 6. The average molecular weight is 363 g/mol. The van der Waals surface area contributed by atoms with Crippen molar-refractivity contribution in [3.63, 3.8) is 0 Å². The van der Waals surface area contributed by atoms with Crippen LogP contribution in [0, 0.1) is 10.1 Å². The number of nitro benzene ring substituents is 1. The molecule has 0 aliphatic carbocycles. The smallest absolute Gasteiger partial charge is 0.270 e. The third-order valence-corrected chi connectivity index (χ3v) is 5.28. The molecule has 2 heterocycles. The van der Waals surface area contributed by atoms with Crippen molar-refractivity contribution in [3.05, 3.63) is 52.5 Å². The quantitative estimate of drug-likeness (QED) is 0.609. The minimum Gasteiger partial charge on any atom is -0.357 e. The van der Waals surface area contributed by atoms with Gasteiger partial charge in [0.2, 0.25) is 10.0 Å². The minimum absolute atomic E-state index is 0.0906. The van der Waals surface area contributed by atoms with Crippen molar-refractivity contribution in [2.75, 3.05) is 18.0 Å². The zero-order valence-electron chi connectivity index (χ0n) is 13.3. The van der Waals surface area contributed by atoms with Crippen LogP contribution < -0.4 is 9.62 Å². The van der Waals surface area contributed by atoms with Crippen LogP contribution in [-0.2, 0) is 16.6 Å². The fourth-order valence-electron chi connectivity index (χ4n) is 2.60. The van der Waals surface area contributed by atoms with Gasteiger partial charge in [-0.1, -0.05) is 6.07 Å². The summed E-state index contributed by atoms with van der Waals surface area (Å²) in [6.45, 7) is 1.76. The Labute approximate surface area is 144 Å². The Morgan fingerprint density at radius 1 is 1.24 bits per heavy atom. The van der Waals surface area contributed by atoms with Gasteiger partial charge in [0.25, 0.3) is 5.69 Å². The maximum atomic E-state index is 12.3. The molecule has 3 rings (SSSR count). The molecule has 25 heavy (non-hydrogen) atoms. The minimum atomic E-state index is -3.89. The number of nitrogens with zero attached hydrogens (tertiary/aromatic N) is 4. The molecule has 1 aromatic carbocycles. The average Bonchev–Trinajstić information content (AvgIpc) is 3.15. The lowest BCUT2D eigenvalue weighted by molar-refractivity contribution is -0.385. The van der Waals surface area contributed by atoms with Crippen LogP contribution in [0.2, 0.25) is 0 Å². The molecule has 0 bridgehead atoms. The van der Waals surface area contributed by atoms with Crippen molar-refractivity contribution in [2.45, 2.75) is 24.3 Å². The standard InChI is InChI=1S/C15H17N5O4S/c21-20(22)12-4-3-5-13(10-12)25(23,24)17-11-14-16-7-6-15(18-14)19-8-1-2-9-19/h3-7,10,17H,1-2,8-9,11H2. The van der Waals surface area contributed by atoms with E-state index >= 15 is 0 Å². The maximum Gasteiger partial charge on any atom is 0.270 e. The number of hydrogen-bond donors (Lipinski definition) is 1. The highest BCUT2D eigenvalue weighted by atomic mass is 32.2. The molecule has 1 aromatic heterocycles. The van der Waals surface area contributed by atoms with Gasteiger partial charge in [-0.05, 0) is 25.0 Å². The van der Waals surface area contributed by atoms with Gasteiger partial charge in [-0.25, -0.2) is 23.1 Å². The van der Waals surface area contributed by atoms with Gasteiger partial charge < -0.3 is 4.90 Å². The lowest BCUT2D eigenvalue weighted by Crippen LogP contribution is -2.25. The highest BCUT2D eigenvalue weighted by molar-refractivity contribution is 7.89. The van der Waals surface area contributed by atoms with Gasteiger partial charge in [0, 0.05) is 31.4 Å². The van der Waals surface area contributed by atoms with Crippen LogP contribution >= 0.6 is 0 Å². The number of benzene rings is 1. The zero-order valence-corrected chi connectivity index (χ0v) is 14.1. The van der Waals surface area contributed by atoms with Gasteiger partial charge in [-0.2, -0.15) is 0 Å². The fraction of sp³-hybridized carbons (Fsp3) is 0.333. The number of sulfonamides is 1. The molecule has 1 saturated heterocycles. The van der Waals surface area contributed by atoms with Gasteiger partial charge in [0.05, 0.1) is 16.4 Å². The van der Waals surface area contributed by atoms with Crippen LogP contribution in [0.3, 0.4) is 0 Å². The number of nitro groups is 1. The summed E-state index contributed by atoms with van der Waals surface area (Å²) in [4.78, 5) is 20.6. The molecule has 1 aliphatic heterocycles. The van der Waals surface area contributed by atoms with Crippen molar-refractivity contribution in [3.8, 4) is 0 Å². The fourth-order valence-corrected chi connectivity index (χ4v) is 3.62. The second kappa shape index (κ2) is 7.11. The molecule has 0 spiro atoms. The Kier molecular flexibility index (Phi) is 4.91. The van der Waals surface area contributed by atoms with Crippen molar-refractivity contribution in [1.82, 2.24) is 14.7 Å². The molecule has 0 unspecified atom stereocenters. The summed E-state index contributed by atoms with van der Waals surface area (Å²) >= 11 is 0. The third-order valence-electron chi connectivity index (χ3n) is 3.88. The molecule has 1 N–H and O–H groups in total. The highest BCUT2D eigenvalue weighted by Crippen LogP contribution is 2.18. The second-order valence-corrected chi connectivity index (χ2v) is 7.37. The topological polar surface area (TPSA) is 118 Å². The summed E-state index contributed by atoms with van der Waals surface area (Å²) in [5.74, 6) is 1.12. The Morgan fingerprint density at radius 2 is 2.00 bits per heavy atom. The van der Waals surface area contributed by atoms with Gasteiger partial charge in [0.15, 0.2) is 0 Å². The molecule has 10 heteroatoms. The van der Waals surface area contributed by atoms with E-state index in [1.54, 1.807) is 12.3 Å². The summed E-state index contributed by atoms with van der Waals surface area (Å²) in [6.07, 6.45) is 3.81. The van der Waals surface area contributed by atoms with Crippen LogP contribution in [0.4, 0.5) is 11.5 Å². The van der Waals surface area contributed by atoms with Gasteiger partial charge in [-0.3, -0.25) is 10.1 Å². The molecule has 0 saturated carbocycles. The first-order valence-corrected chi connectivity index (χ1v) is 9.25. The highest BCUT2D eigenvalue weighted by Gasteiger charge is 2.19. The number of non-ortho nitro benzene ring substituents is 1. The first kappa shape index (κ1) is 17.2. The number of hydrogen-bond acceptors (Lipinski definition) is 7. The molecule has 1 aliphatic rings. The Morgan fingerprint density at radius 3 is 2.72 bits per heavy atom. The predicted molar refractivity (Wildman–Crippen MR) is 90.6 cm³/mol.